The van der Waals surface area contributed by atoms with Gasteiger partial charge in [-0.1, -0.05) is 27.2 Å². The third-order valence-corrected chi connectivity index (χ3v) is 4.21. The van der Waals surface area contributed by atoms with Crippen LogP contribution in [-0.2, 0) is 9.53 Å². The quantitative estimate of drug-likeness (QED) is 0.621. The Morgan fingerprint density at radius 1 is 1.40 bits per heavy atom. The van der Waals surface area contributed by atoms with E-state index in [9.17, 15) is 4.79 Å². The van der Waals surface area contributed by atoms with Crippen molar-refractivity contribution in [1.29, 1.82) is 0 Å². The molecule has 2 aliphatic rings. The SMILES string of the molecule is CC(C)[C@@H]1CC[C@@H](C)C[C@@]12CCC(=O)O2. The van der Waals surface area contributed by atoms with Crippen LogP contribution < -0.4 is 0 Å². The maximum absolute atomic E-state index is 11.4. The first-order valence-corrected chi connectivity index (χ1v) is 6.25. The molecule has 0 N–H and O–H groups in total. The van der Waals surface area contributed by atoms with Gasteiger partial charge in [0.05, 0.1) is 0 Å². The summed E-state index contributed by atoms with van der Waals surface area (Å²) in [7, 11) is 0. The Hall–Kier alpha value is -0.530. The van der Waals surface area contributed by atoms with Crippen molar-refractivity contribution in [1.82, 2.24) is 0 Å². The molecule has 0 unspecified atom stereocenters. The molecule has 0 radical (unpaired) electrons. The minimum absolute atomic E-state index is 0.0229. The summed E-state index contributed by atoms with van der Waals surface area (Å²) in [4.78, 5) is 11.4. The van der Waals surface area contributed by atoms with Gasteiger partial charge >= 0.3 is 5.97 Å². The van der Waals surface area contributed by atoms with Gasteiger partial charge in [-0.05, 0) is 31.1 Å². The fourth-order valence-corrected chi connectivity index (χ4v) is 3.56. The van der Waals surface area contributed by atoms with Crippen LogP contribution in [0.25, 0.3) is 0 Å². The molecule has 2 rings (SSSR count). The second kappa shape index (κ2) is 3.80. The lowest BCUT2D eigenvalue weighted by Gasteiger charge is -2.44. The lowest BCUT2D eigenvalue weighted by molar-refractivity contribution is -0.160. The van der Waals surface area contributed by atoms with E-state index >= 15 is 0 Å². The van der Waals surface area contributed by atoms with E-state index in [-0.39, 0.29) is 11.6 Å². The first-order chi connectivity index (χ1) is 7.03. The molecule has 0 aromatic carbocycles. The zero-order valence-corrected chi connectivity index (χ0v) is 10.1. The van der Waals surface area contributed by atoms with Crippen LogP contribution >= 0.6 is 0 Å². The zero-order chi connectivity index (χ0) is 11.1. The monoisotopic (exact) mass is 210 g/mol. The van der Waals surface area contributed by atoms with Gasteiger partial charge in [-0.2, -0.15) is 0 Å². The van der Waals surface area contributed by atoms with Crippen molar-refractivity contribution < 1.29 is 9.53 Å². The number of hydrogen-bond donors (Lipinski definition) is 0. The maximum Gasteiger partial charge on any atom is 0.306 e. The van der Waals surface area contributed by atoms with Gasteiger partial charge in [-0.3, -0.25) is 4.79 Å². The van der Waals surface area contributed by atoms with Gasteiger partial charge in [0.2, 0.25) is 0 Å². The summed E-state index contributed by atoms with van der Waals surface area (Å²) in [6.07, 6.45) is 5.20. The van der Waals surface area contributed by atoms with Crippen LogP contribution in [0, 0.1) is 17.8 Å². The molecule has 1 spiro atoms. The van der Waals surface area contributed by atoms with E-state index in [2.05, 4.69) is 20.8 Å². The average Bonchev–Trinajstić information content (AvgIpc) is 2.47. The molecule has 1 saturated carbocycles. The van der Waals surface area contributed by atoms with Crippen LogP contribution in [0.5, 0.6) is 0 Å². The van der Waals surface area contributed by atoms with Crippen molar-refractivity contribution in [2.24, 2.45) is 17.8 Å². The molecule has 1 aliphatic heterocycles. The second-order valence-corrected chi connectivity index (χ2v) is 5.78. The number of hydrogen-bond acceptors (Lipinski definition) is 2. The van der Waals surface area contributed by atoms with E-state index in [1.54, 1.807) is 0 Å². The van der Waals surface area contributed by atoms with Gasteiger partial charge in [-0.15, -0.1) is 0 Å². The molecule has 2 nitrogen and oxygen atoms in total. The van der Waals surface area contributed by atoms with E-state index in [1.165, 1.54) is 12.8 Å². The van der Waals surface area contributed by atoms with Crippen molar-refractivity contribution in [2.45, 2.75) is 58.5 Å². The summed E-state index contributed by atoms with van der Waals surface area (Å²) >= 11 is 0. The Balaban J connectivity index is 2.19. The van der Waals surface area contributed by atoms with Crippen LogP contribution in [0.4, 0.5) is 0 Å². The predicted octanol–water partition coefficient (Wildman–Crippen LogP) is 3.15. The first-order valence-electron chi connectivity index (χ1n) is 6.25. The topological polar surface area (TPSA) is 26.3 Å². The van der Waals surface area contributed by atoms with Crippen LogP contribution in [0.1, 0.15) is 52.9 Å². The highest BCUT2D eigenvalue weighted by molar-refractivity contribution is 5.72. The van der Waals surface area contributed by atoms with Crippen LogP contribution in [0.2, 0.25) is 0 Å². The first kappa shape index (κ1) is 11.0. The molecule has 1 aliphatic carbocycles. The Morgan fingerprint density at radius 2 is 2.13 bits per heavy atom. The molecule has 0 bridgehead atoms. The predicted molar refractivity (Wildman–Crippen MR) is 59.4 cm³/mol. The van der Waals surface area contributed by atoms with Crippen molar-refractivity contribution in [3.05, 3.63) is 0 Å². The average molecular weight is 210 g/mol. The number of esters is 1. The Morgan fingerprint density at radius 3 is 2.67 bits per heavy atom. The highest BCUT2D eigenvalue weighted by Gasteiger charge is 2.50. The number of rotatable bonds is 1. The van der Waals surface area contributed by atoms with E-state index in [0.29, 0.717) is 24.2 Å². The fourth-order valence-electron chi connectivity index (χ4n) is 3.56. The molecule has 0 aromatic rings. The van der Waals surface area contributed by atoms with Gasteiger partial charge in [0.15, 0.2) is 0 Å². The summed E-state index contributed by atoms with van der Waals surface area (Å²) in [5, 5.41) is 0. The third kappa shape index (κ3) is 1.91. The summed E-state index contributed by atoms with van der Waals surface area (Å²) in [6.45, 7) is 6.80. The summed E-state index contributed by atoms with van der Waals surface area (Å²) in [5.41, 5.74) is -0.0943. The highest BCUT2D eigenvalue weighted by atomic mass is 16.6. The molecule has 0 aromatic heterocycles. The standard InChI is InChI=1S/C13H22O2/c1-9(2)11-5-4-10(3)8-13(11)7-6-12(14)15-13/h9-11H,4-8H2,1-3H3/t10-,11+,13+/m1/s1. The van der Waals surface area contributed by atoms with Crippen LogP contribution in [0.15, 0.2) is 0 Å². The molecule has 2 fully saturated rings. The Bertz CT molecular complexity index is 259. The molecule has 3 atom stereocenters. The van der Waals surface area contributed by atoms with Crippen molar-refractivity contribution in [2.75, 3.05) is 0 Å². The normalized spacial score (nSPS) is 41.2. The minimum atomic E-state index is -0.0943. The van der Waals surface area contributed by atoms with E-state index in [4.69, 9.17) is 4.74 Å². The summed E-state index contributed by atoms with van der Waals surface area (Å²) < 4.78 is 5.70. The van der Waals surface area contributed by atoms with Crippen molar-refractivity contribution >= 4 is 5.97 Å². The molecule has 2 heteroatoms. The Kier molecular flexibility index (Phi) is 2.78. The highest BCUT2D eigenvalue weighted by Crippen LogP contribution is 2.48. The summed E-state index contributed by atoms with van der Waals surface area (Å²) in [6, 6.07) is 0. The van der Waals surface area contributed by atoms with Crippen molar-refractivity contribution in [3.63, 3.8) is 0 Å². The lowest BCUT2D eigenvalue weighted by atomic mass is 9.66. The molecule has 0 amide bonds. The fraction of sp³-hybridized carbons (Fsp3) is 0.923. The van der Waals surface area contributed by atoms with Gasteiger partial charge in [0.25, 0.3) is 0 Å². The summed E-state index contributed by atoms with van der Waals surface area (Å²) in [5.74, 6) is 1.95. The van der Waals surface area contributed by atoms with Gasteiger partial charge in [0.1, 0.15) is 5.60 Å². The molecule has 1 heterocycles. The number of ether oxygens (including phenoxy) is 1. The lowest BCUT2D eigenvalue weighted by Crippen LogP contribution is -2.45. The minimum Gasteiger partial charge on any atom is -0.459 e. The molecule has 15 heavy (non-hydrogen) atoms. The number of carbonyl (C=O) groups is 1. The van der Waals surface area contributed by atoms with Crippen LogP contribution in [-0.4, -0.2) is 11.6 Å². The number of carbonyl (C=O) groups excluding carboxylic acids is 1. The van der Waals surface area contributed by atoms with Gasteiger partial charge in [-0.25, -0.2) is 0 Å². The second-order valence-electron chi connectivity index (χ2n) is 5.78. The molecule has 86 valence electrons. The van der Waals surface area contributed by atoms with E-state index < -0.39 is 0 Å². The molecule has 1 saturated heterocycles. The molecular weight excluding hydrogens is 188 g/mol. The van der Waals surface area contributed by atoms with Gasteiger partial charge < -0.3 is 4.74 Å². The maximum atomic E-state index is 11.4. The van der Waals surface area contributed by atoms with E-state index in [0.717, 1.165) is 12.8 Å². The largest absolute Gasteiger partial charge is 0.459 e. The zero-order valence-electron chi connectivity index (χ0n) is 10.1. The Labute approximate surface area is 92.4 Å². The smallest absolute Gasteiger partial charge is 0.306 e. The third-order valence-electron chi connectivity index (χ3n) is 4.21. The molecular formula is C13H22O2. The van der Waals surface area contributed by atoms with E-state index in [1.807, 2.05) is 0 Å². The van der Waals surface area contributed by atoms with Gasteiger partial charge in [0, 0.05) is 12.3 Å². The van der Waals surface area contributed by atoms with Crippen LogP contribution in [0.3, 0.4) is 0 Å². The van der Waals surface area contributed by atoms with Crippen molar-refractivity contribution in [3.8, 4) is 0 Å².